The number of rotatable bonds is 3. The highest BCUT2D eigenvalue weighted by Crippen LogP contribution is 2.18. The molecule has 102 valence electrons. The number of carbonyl (C=O) groups is 1. The molecule has 0 unspecified atom stereocenters. The van der Waals surface area contributed by atoms with Gasteiger partial charge < -0.3 is 19.8 Å². The molecule has 5 heteroatoms. The van der Waals surface area contributed by atoms with Gasteiger partial charge in [0.1, 0.15) is 5.60 Å². The number of ether oxygens (including phenoxy) is 1. The van der Waals surface area contributed by atoms with Gasteiger partial charge in [0.15, 0.2) is 0 Å². The van der Waals surface area contributed by atoms with Gasteiger partial charge in [-0.05, 0) is 41.5 Å². The van der Waals surface area contributed by atoms with E-state index in [1.807, 2.05) is 20.8 Å². The maximum Gasteiger partial charge on any atom is 0.410 e. The fourth-order valence-electron chi connectivity index (χ4n) is 1.21. The van der Waals surface area contributed by atoms with Gasteiger partial charge in [0, 0.05) is 5.54 Å². The normalized spacial score (nSPS) is 14.4. The molecule has 0 heterocycles. The average Bonchev–Trinajstić information content (AvgIpc) is 2.08. The third-order valence-electron chi connectivity index (χ3n) is 2.03. The molecule has 0 saturated carbocycles. The molecule has 0 aromatic rings. The van der Waals surface area contributed by atoms with Gasteiger partial charge in [-0.3, -0.25) is 0 Å². The van der Waals surface area contributed by atoms with Gasteiger partial charge in [-0.15, -0.1) is 0 Å². The fraction of sp³-hybridized carbons (Fsp3) is 0.917. The Labute approximate surface area is 103 Å². The Morgan fingerprint density at radius 3 is 2.00 bits per heavy atom. The van der Waals surface area contributed by atoms with E-state index in [1.54, 1.807) is 20.8 Å². The van der Waals surface area contributed by atoms with Gasteiger partial charge in [0.05, 0.1) is 19.3 Å². The summed E-state index contributed by atoms with van der Waals surface area (Å²) in [5.74, 6) is 0. The molecule has 0 aromatic heterocycles. The topological polar surface area (TPSA) is 70.0 Å². The first kappa shape index (κ1) is 16.2. The molecule has 1 amide bonds. The molecular weight excluding hydrogens is 222 g/mol. The minimum Gasteiger partial charge on any atom is -0.444 e. The van der Waals surface area contributed by atoms with Crippen molar-refractivity contribution in [3.8, 4) is 0 Å². The van der Waals surface area contributed by atoms with Crippen molar-refractivity contribution in [1.29, 1.82) is 0 Å². The highest BCUT2D eigenvalue weighted by Gasteiger charge is 2.31. The van der Waals surface area contributed by atoms with Crippen LogP contribution in [0.25, 0.3) is 0 Å². The Hall–Kier alpha value is -0.810. The summed E-state index contributed by atoms with van der Waals surface area (Å²) < 4.78 is 5.27. The molecule has 0 bridgehead atoms. The Morgan fingerprint density at radius 1 is 1.24 bits per heavy atom. The van der Waals surface area contributed by atoms with Crippen molar-refractivity contribution in [1.82, 2.24) is 4.90 Å². The lowest BCUT2D eigenvalue weighted by Gasteiger charge is -2.37. The van der Waals surface area contributed by atoms with Crippen molar-refractivity contribution >= 4 is 6.09 Å². The third kappa shape index (κ3) is 6.48. The lowest BCUT2D eigenvalue weighted by molar-refractivity contribution is -0.0148. The van der Waals surface area contributed by atoms with Crippen LogP contribution < -0.4 is 0 Å². The zero-order chi connectivity index (χ0) is 13.9. The van der Waals surface area contributed by atoms with Gasteiger partial charge in [0.2, 0.25) is 0 Å². The number of carbonyl (C=O) groups excluding carboxylic acids is 1. The van der Waals surface area contributed by atoms with Crippen molar-refractivity contribution in [2.24, 2.45) is 0 Å². The molecule has 0 saturated heterocycles. The highest BCUT2D eigenvalue weighted by atomic mass is 16.6. The summed E-state index contributed by atoms with van der Waals surface area (Å²) in [6, 6.07) is 0. The van der Waals surface area contributed by atoms with E-state index in [1.165, 1.54) is 4.90 Å². The molecule has 2 N–H and O–H groups in total. The molecule has 0 radical (unpaired) electrons. The van der Waals surface area contributed by atoms with E-state index in [0.29, 0.717) is 0 Å². The highest BCUT2D eigenvalue weighted by molar-refractivity contribution is 5.69. The largest absolute Gasteiger partial charge is 0.444 e. The minimum atomic E-state index is -0.957. The Morgan fingerprint density at radius 2 is 1.71 bits per heavy atom. The van der Waals surface area contributed by atoms with Crippen LogP contribution in [0.3, 0.4) is 0 Å². The first-order valence-electron chi connectivity index (χ1n) is 5.77. The predicted octanol–water partition coefficient (Wildman–Crippen LogP) is 1.38. The number of β-amino-alcohol motifs (C(OH)–C–C–N with tert-alkyl or cyclic N) is 1. The number of aliphatic hydroxyl groups excluding tert-OH is 2. The smallest absolute Gasteiger partial charge is 0.410 e. The summed E-state index contributed by atoms with van der Waals surface area (Å²) >= 11 is 0. The van der Waals surface area contributed by atoms with Gasteiger partial charge in [-0.2, -0.15) is 0 Å². The summed E-state index contributed by atoms with van der Waals surface area (Å²) in [6.07, 6.45) is -1.45. The number of nitrogens with zero attached hydrogens (tertiary/aromatic N) is 1. The predicted molar refractivity (Wildman–Crippen MR) is 65.8 cm³/mol. The van der Waals surface area contributed by atoms with Crippen LogP contribution in [0.15, 0.2) is 0 Å². The van der Waals surface area contributed by atoms with Gasteiger partial charge in [0.25, 0.3) is 0 Å². The van der Waals surface area contributed by atoms with E-state index in [4.69, 9.17) is 9.84 Å². The number of hydrogen-bond acceptors (Lipinski definition) is 4. The molecule has 5 nitrogen and oxygen atoms in total. The second-order valence-corrected chi connectivity index (χ2v) is 6.10. The first-order chi connectivity index (χ1) is 7.47. The van der Waals surface area contributed by atoms with Crippen LogP contribution in [-0.4, -0.2) is 51.6 Å². The molecule has 0 spiro atoms. The Kier molecular flexibility index (Phi) is 5.42. The van der Waals surface area contributed by atoms with Gasteiger partial charge in [-0.25, -0.2) is 4.79 Å². The van der Waals surface area contributed by atoms with Crippen molar-refractivity contribution in [3.63, 3.8) is 0 Å². The summed E-state index contributed by atoms with van der Waals surface area (Å²) in [5, 5.41) is 18.3. The number of hydrogen-bond donors (Lipinski definition) is 2. The molecule has 0 fully saturated rings. The monoisotopic (exact) mass is 247 g/mol. The standard InChI is InChI=1S/C12H25NO4/c1-11(2,3)13(7-9(15)8-14)10(16)17-12(4,5)6/h9,14-15H,7-8H2,1-6H3/t9-/m0/s1. The lowest BCUT2D eigenvalue weighted by Crippen LogP contribution is -2.51. The van der Waals surface area contributed by atoms with Crippen LogP contribution in [0, 0.1) is 0 Å². The fourth-order valence-corrected chi connectivity index (χ4v) is 1.21. The van der Waals surface area contributed by atoms with E-state index in [9.17, 15) is 9.90 Å². The second-order valence-electron chi connectivity index (χ2n) is 6.10. The molecule has 0 aromatic carbocycles. The van der Waals surface area contributed by atoms with Crippen molar-refractivity contribution in [2.75, 3.05) is 13.2 Å². The zero-order valence-electron chi connectivity index (χ0n) is 11.6. The molecule has 0 aliphatic carbocycles. The molecule has 1 atom stereocenters. The number of amides is 1. The van der Waals surface area contributed by atoms with E-state index >= 15 is 0 Å². The third-order valence-corrected chi connectivity index (χ3v) is 2.03. The molecular formula is C12H25NO4. The summed E-state index contributed by atoms with van der Waals surface area (Å²) in [7, 11) is 0. The SMILES string of the molecule is CC(C)(C)OC(=O)N(C[C@H](O)CO)C(C)(C)C. The molecule has 17 heavy (non-hydrogen) atoms. The maximum atomic E-state index is 12.0. The van der Waals surface area contributed by atoms with Crippen LogP contribution in [0.2, 0.25) is 0 Å². The Bertz CT molecular complexity index is 252. The second kappa shape index (κ2) is 5.69. The van der Waals surface area contributed by atoms with Crippen LogP contribution in [0.1, 0.15) is 41.5 Å². The first-order valence-corrected chi connectivity index (χ1v) is 5.77. The van der Waals surface area contributed by atoms with Gasteiger partial charge >= 0.3 is 6.09 Å². The van der Waals surface area contributed by atoms with Crippen molar-refractivity contribution < 1.29 is 19.7 Å². The van der Waals surface area contributed by atoms with E-state index < -0.39 is 23.3 Å². The van der Waals surface area contributed by atoms with E-state index in [2.05, 4.69) is 0 Å². The Balaban J connectivity index is 4.76. The van der Waals surface area contributed by atoms with Gasteiger partial charge in [-0.1, -0.05) is 0 Å². The lowest BCUT2D eigenvalue weighted by atomic mass is 10.1. The van der Waals surface area contributed by atoms with E-state index in [0.717, 1.165) is 0 Å². The number of aliphatic hydroxyl groups is 2. The van der Waals surface area contributed by atoms with Crippen molar-refractivity contribution in [2.45, 2.75) is 58.8 Å². The van der Waals surface area contributed by atoms with Crippen LogP contribution in [0.4, 0.5) is 4.79 Å². The van der Waals surface area contributed by atoms with E-state index in [-0.39, 0.29) is 13.2 Å². The maximum absolute atomic E-state index is 12.0. The zero-order valence-corrected chi connectivity index (χ0v) is 11.6. The van der Waals surface area contributed by atoms with Crippen LogP contribution >= 0.6 is 0 Å². The minimum absolute atomic E-state index is 0.0505. The average molecular weight is 247 g/mol. The molecule has 0 rings (SSSR count). The van der Waals surface area contributed by atoms with Crippen LogP contribution in [0.5, 0.6) is 0 Å². The van der Waals surface area contributed by atoms with Crippen molar-refractivity contribution in [3.05, 3.63) is 0 Å². The summed E-state index contributed by atoms with van der Waals surface area (Å²) in [6.45, 7) is 10.6. The summed E-state index contributed by atoms with van der Waals surface area (Å²) in [5.41, 5.74) is -1.05. The summed E-state index contributed by atoms with van der Waals surface area (Å²) in [4.78, 5) is 13.4. The quantitative estimate of drug-likeness (QED) is 0.790. The molecule has 0 aliphatic rings. The molecule has 0 aliphatic heterocycles. The van der Waals surface area contributed by atoms with Crippen LogP contribution in [-0.2, 0) is 4.74 Å².